The molecule has 0 saturated heterocycles. The maximum Gasteiger partial charge on any atom is 0.259 e. The Kier molecular flexibility index (Phi) is 5.11. The molecule has 0 atom stereocenters. The number of aliphatic hydroxyl groups excluding tert-OH is 1. The minimum absolute atomic E-state index is 0.0440. The van der Waals surface area contributed by atoms with Crippen LogP contribution in [0.3, 0.4) is 0 Å². The van der Waals surface area contributed by atoms with Crippen LogP contribution in [0.15, 0.2) is 30.5 Å². The van der Waals surface area contributed by atoms with E-state index in [-0.39, 0.29) is 12.5 Å². The van der Waals surface area contributed by atoms with Crippen LogP contribution in [0.5, 0.6) is 0 Å². The molecule has 2 rings (SSSR count). The molecule has 1 aromatic carbocycles. The molecular formula is C16H21N3O2. The molecular weight excluding hydrogens is 266 g/mol. The van der Waals surface area contributed by atoms with Crippen LogP contribution in [0.4, 0.5) is 5.69 Å². The highest BCUT2D eigenvalue weighted by Gasteiger charge is 2.14. The van der Waals surface area contributed by atoms with Gasteiger partial charge in [0.2, 0.25) is 0 Å². The van der Waals surface area contributed by atoms with Crippen molar-refractivity contribution in [3.8, 4) is 0 Å². The lowest BCUT2D eigenvalue weighted by Gasteiger charge is -2.07. The lowest BCUT2D eigenvalue weighted by atomic mass is 10.2. The second kappa shape index (κ2) is 7.04. The van der Waals surface area contributed by atoms with Gasteiger partial charge >= 0.3 is 0 Å². The van der Waals surface area contributed by atoms with E-state index in [1.165, 1.54) is 0 Å². The van der Waals surface area contributed by atoms with Crippen molar-refractivity contribution in [2.75, 3.05) is 5.32 Å². The summed E-state index contributed by atoms with van der Waals surface area (Å²) in [7, 11) is 0. The molecule has 2 aromatic rings. The number of nitrogens with one attached hydrogen (secondary N) is 1. The normalized spacial score (nSPS) is 10.6. The number of nitrogens with zero attached hydrogens (tertiary/aromatic N) is 2. The van der Waals surface area contributed by atoms with Crippen LogP contribution in [-0.4, -0.2) is 20.8 Å². The van der Waals surface area contributed by atoms with Gasteiger partial charge in [0.1, 0.15) is 0 Å². The van der Waals surface area contributed by atoms with Gasteiger partial charge in [-0.3, -0.25) is 9.48 Å². The van der Waals surface area contributed by atoms with Crippen molar-refractivity contribution in [2.45, 2.75) is 39.8 Å². The van der Waals surface area contributed by atoms with Crippen molar-refractivity contribution in [2.24, 2.45) is 0 Å². The topological polar surface area (TPSA) is 67.2 Å². The fraction of sp³-hybridized carbons (Fsp3) is 0.375. The summed E-state index contributed by atoms with van der Waals surface area (Å²) in [6.07, 6.45) is 3.74. The van der Waals surface area contributed by atoms with Crippen LogP contribution in [0.25, 0.3) is 0 Å². The number of amides is 1. The molecule has 0 bridgehead atoms. The molecule has 1 amide bonds. The van der Waals surface area contributed by atoms with Gasteiger partial charge in [-0.15, -0.1) is 0 Å². The first-order valence-corrected chi connectivity index (χ1v) is 7.19. The highest BCUT2D eigenvalue weighted by molar-refractivity contribution is 6.04. The summed E-state index contributed by atoms with van der Waals surface area (Å²) in [6, 6.07) is 7.17. The number of benzene rings is 1. The average Bonchev–Trinajstić information content (AvgIpc) is 2.86. The fourth-order valence-corrected chi connectivity index (χ4v) is 2.15. The molecule has 0 aliphatic rings. The molecule has 1 aromatic heterocycles. The summed E-state index contributed by atoms with van der Waals surface area (Å²) in [4.78, 5) is 12.3. The number of anilines is 1. The molecule has 2 N–H and O–H groups in total. The number of hydrogen-bond donors (Lipinski definition) is 2. The standard InChI is InChI=1S/C16H21N3O2/c1-3-4-8-19-12(2)15(10-17-19)16(21)18-14-7-5-6-13(9-14)11-20/h5-7,9-10,20H,3-4,8,11H2,1-2H3,(H,18,21). The highest BCUT2D eigenvalue weighted by atomic mass is 16.3. The molecule has 0 aliphatic carbocycles. The second-order valence-corrected chi connectivity index (χ2v) is 5.03. The van der Waals surface area contributed by atoms with Gasteiger partial charge in [0.15, 0.2) is 0 Å². The predicted molar refractivity (Wildman–Crippen MR) is 82.2 cm³/mol. The van der Waals surface area contributed by atoms with Crippen LogP contribution in [-0.2, 0) is 13.2 Å². The smallest absolute Gasteiger partial charge is 0.259 e. The van der Waals surface area contributed by atoms with Gasteiger partial charge in [-0.05, 0) is 31.0 Å². The van der Waals surface area contributed by atoms with Gasteiger partial charge in [-0.2, -0.15) is 5.10 Å². The molecule has 0 radical (unpaired) electrons. The van der Waals surface area contributed by atoms with E-state index < -0.39 is 0 Å². The van der Waals surface area contributed by atoms with Crippen molar-refractivity contribution >= 4 is 11.6 Å². The van der Waals surface area contributed by atoms with E-state index in [1.54, 1.807) is 24.4 Å². The zero-order valence-electron chi connectivity index (χ0n) is 12.5. The number of carbonyl (C=O) groups is 1. The molecule has 0 unspecified atom stereocenters. The summed E-state index contributed by atoms with van der Waals surface area (Å²) in [5, 5.41) is 16.2. The van der Waals surface area contributed by atoms with Gasteiger partial charge in [0, 0.05) is 17.9 Å². The molecule has 21 heavy (non-hydrogen) atoms. The summed E-state index contributed by atoms with van der Waals surface area (Å²) in [6.45, 7) is 4.82. The van der Waals surface area contributed by atoms with E-state index in [2.05, 4.69) is 17.3 Å². The Hall–Kier alpha value is -2.14. The largest absolute Gasteiger partial charge is 0.392 e. The Labute approximate surface area is 124 Å². The predicted octanol–water partition coefficient (Wildman–Crippen LogP) is 2.74. The molecule has 5 nitrogen and oxygen atoms in total. The quantitative estimate of drug-likeness (QED) is 0.858. The molecule has 1 heterocycles. The monoisotopic (exact) mass is 287 g/mol. The first-order valence-electron chi connectivity index (χ1n) is 7.19. The van der Waals surface area contributed by atoms with Crippen LogP contribution in [0.2, 0.25) is 0 Å². The van der Waals surface area contributed by atoms with Gasteiger partial charge in [-0.1, -0.05) is 25.5 Å². The minimum atomic E-state index is -0.176. The number of carbonyl (C=O) groups excluding carboxylic acids is 1. The van der Waals surface area contributed by atoms with E-state index in [1.807, 2.05) is 17.7 Å². The number of rotatable bonds is 6. The average molecular weight is 287 g/mol. The summed E-state index contributed by atoms with van der Waals surface area (Å²) in [5.74, 6) is -0.176. The first kappa shape index (κ1) is 15.3. The van der Waals surface area contributed by atoms with Crippen molar-refractivity contribution in [1.82, 2.24) is 9.78 Å². The minimum Gasteiger partial charge on any atom is -0.392 e. The number of aryl methyl sites for hydroxylation is 1. The third kappa shape index (κ3) is 3.70. The highest BCUT2D eigenvalue weighted by Crippen LogP contribution is 2.14. The molecule has 5 heteroatoms. The maximum atomic E-state index is 12.3. The summed E-state index contributed by atoms with van der Waals surface area (Å²) >= 11 is 0. The summed E-state index contributed by atoms with van der Waals surface area (Å²) in [5.41, 5.74) is 2.90. The van der Waals surface area contributed by atoms with Crippen LogP contribution in [0.1, 0.15) is 41.4 Å². The third-order valence-electron chi connectivity index (χ3n) is 3.44. The molecule has 112 valence electrons. The number of unbranched alkanes of at least 4 members (excludes halogenated alkanes) is 1. The van der Waals surface area contributed by atoms with Crippen LogP contribution in [0, 0.1) is 6.92 Å². The van der Waals surface area contributed by atoms with E-state index in [9.17, 15) is 4.79 Å². The van der Waals surface area contributed by atoms with E-state index in [4.69, 9.17) is 5.11 Å². The first-order chi connectivity index (χ1) is 10.2. The Morgan fingerprint density at radius 3 is 2.95 bits per heavy atom. The van der Waals surface area contributed by atoms with Crippen molar-refractivity contribution in [3.63, 3.8) is 0 Å². The zero-order chi connectivity index (χ0) is 15.2. The van der Waals surface area contributed by atoms with E-state index >= 15 is 0 Å². The Morgan fingerprint density at radius 1 is 1.43 bits per heavy atom. The third-order valence-corrected chi connectivity index (χ3v) is 3.44. The molecule has 0 saturated carbocycles. The van der Waals surface area contributed by atoms with Crippen molar-refractivity contribution in [3.05, 3.63) is 47.3 Å². The molecule has 0 aliphatic heterocycles. The number of aliphatic hydroxyl groups is 1. The van der Waals surface area contributed by atoms with E-state index in [0.717, 1.165) is 30.6 Å². The lowest BCUT2D eigenvalue weighted by Crippen LogP contribution is -2.13. The van der Waals surface area contributed by atoms with Gasteiger partial charge in [0.05, 0.1) is 18.4 Å². The number of aromatic nitrogens is 2. The fourth-order valence-electron chi connectivity index (χ4n) is 2.15. The Bertz CT molecular complexity index is 620. The zero-order valence-corrected chi connectivity index (χ0v) is 12.5. The summed E-state index contributed by atoms with van der Waals surface area (Å²) < 4.78 is 1.86. The van der Waals surface area contributed by atoms with Crippen molar-refractivity contribution in [1.29, 1.82) is 0 Å². The second-order valence-electron chi connectivity index (χ2n) is 5.03. The SMILES string of the molecule is CCCCn1ncc(C(=O)Nc2cccc(CO)c2)c1C. The molecule has 0 fully saturated rings. The number of hydrogen-bond acceptors (Lipinski definition) is 3. The van der Waals surface area contributed by atoms with Crippen molar-refractivity contribution < 1.29 is 9.90 Å². The Balaban J connectivity index is 2.11. The maximum absolute atomic E-state index is 12.3. The van der Waals surface area contributed by atoms with Gasteiger partial charge in [0.25, 0.3) is 5.91 Å². The van der Waals surface area contributed by atoms with Crippen LogP contribution < -0.4 is 5.32 Å². The van der Waals surface area contributed by atoms with E-state index in [0.29, 0.717) is 11.3 Å². The van der Waals surface area contributed by atoms with Gasteiger partial charge < -0.3 is 10.4 Å². The molecule has 0 spiro atoms. The Morgan fingerprint density at radius 2 is 2.24 bits per heavy atom. The van der Waals surface area contributed by atoms with Gasteiger partial charge in [-0.25, -0.2) is 0 Å². The lowest BCUT2D eigenvalue weighted by molar-refractivity contribution is 0.102. The van der Waals surface area contributed by atoms with Crippen LogP contribution >= 0.6 is 0 Å².